The summed E-state index contributed by atoms with van der Waals surface area (Å²) in [6.07, 6.45) is 0.184. The van der Waals surface area contributed by atoms with Crippen LogP contribution in [-0.2, 0) is 11.2 Å². The minimum Gasteiger partial charge on any atom is -0.368 e. The van der Waals surface area contributed by atoms with Gasteiger partial charge in [-0.3, -0.25) is 9.59 Å². The first-order valence-electron chi connectivity index (χ1n) is 6.67. The van der Waals surface area contributed by atoms with Crippen LogP contribution in [0.5, 0.6) is 0 Å². The zero-order valence-corrected chi connectivity index (χ0v) is 14.0. The van der Waals surface area contributed by atoms with Crippen LogP contribution in [0.3, 0.4) is 0 Å². The first-order valence-corrected chi connectivity index (χ1v) is 7.75. The van der Waals surface area contributed by atoms with Crippen LogP contribution >= 0.6 is 22.6 Å². The van der Waals surface area contributed by atoms with Gasteiger partial charge >= 0.3 is 0 Å². The smallest absolute Gasteiger partial charge is 0.254 e. The maximum absolute atomic E-state index is 13.6. The highest BCUT2D eigenvalue weighted by Crippen LogP contribution is 2.14. The first kappa shape index (κ1) is 17.3. The molecule has 120 valence electrons. The van der Waals surface area contributed by atoms with Gasteiger partial charge in [-0.25, -0.2) is 8.78 Å². The van der Waals surface area contributed by atoms with Gasteiger partial charge in [0.05, 0.1) is 5.56 Å². The Morgan fingerprint density at radius 1 is 1.17 bits per heavy atom. The van der Waals surface area contributed by atoms with Crippen molar-refractivity contribution in [3.8, 4) is 0 Å². The van der Waals surface area contributed by atoms with Gasteiger partial charge in [0.15, 0.2) is 0 Å². The number of benzene rings is 2. The molecule has 0 fully saturated rings. The van der Waals surface area contributed by atoms with Gasteiger partial charge in [-0.15, -0.1) is 0 Å². The predicted molar refractivity (Wildman–Crippen MR) is 89.7 cm³/mol. The van der Waals surface area contributed by atoms with E-state index in [0.717, 1.165) is 21.3 Å². The van der Waals surface area contributed by atoms with Crippen molar-refractivity contribution >= 4 is 34.4 Å². The van der Waals surface area contributed by atoms with Gasteiger partial charge in [-0.1, -0.05) is 18.2 Å². The fourth-order valence-corrected chi connectivity index (χ4v) is 2.62. The second-order valence-electron chi connectivity index (χ2n) is 4.85. The molecule has 0 aliphatic rings. The molecule has 2 amide bonds. The van der Waals surface area contributed by atoms with E-state index < -0.39 is 29.5 Å². The second-order valence-corrected chi connectivity index (χ2v) is 6.01. The molecule has 0 bridgehead atoms. The fourth-order valence-electron chi connectivity index (χ4n) is 2.02. The van der Waals surface area contributed by atoms with Crippen molar-refractivity contribution in [3.05, 3.63) is 68.8 Å². The molecule has 7 heteroatoms. The second kappa shape index (κ2) is 7.49. The molecule has 0 heterocycles. The van der Waals surface area contributed by atoms with E-state index in [1.165, 1.54) is 0 Å². The van der Waals surface area contributed by atoms with Crippen LogP contribution in [0, 0.1) is 15.2 Å². The van der Waals surface area contributed by atoms with Crippen LogP contribution < -0.4 is 11.1 Å². The minimum atomic E-state index is -1.000. The highest BCUT2D eigenvalue weighted by atomic mass is 127. The number of carbonyl (C=O) groups is 2. The van der Waals surface area contributed by atoms with Crippen LogP contribution in [0.1, 0.15) is 15.9 Å². The zero-order valence-electron chi connectivity index (χ0n) is 11.9. The van der Waals surface area contributed by atoms with E-state index >= 15 is 0 Å². The fraction of sp³-hybridized carbons (Fsp3) is 0.125. The molecule has 0 saturated carbocycles. The molecule has 23 heavy (non-hydrogen) atoms. The molecule has 0 aromatic heterocycles. The summed E-state index contributed by atoms with van der Waals surface area (Å²) < 4.78 is 27.4. The van der Waals surface area contributed by atoms with Crippen molar-refractivity contribution in [1.82, 2.24) is 5.32 Å². The Hall–Kier alpha value is -2.03. The average molecular weight is 430 g/mol. The van der Waals surface area contributed by atoms with E-state index in [4.69, 9.17) is 5.73 Å². The van der Waals surface area contributed by atoms with Gasteiger partial charge in [0.1, 0.15) is 17.7 Å². The van der Waals surface area contributed by atoms with Crippen molar-refractivity contribution in [2.45, 2.75) is 12.5 Å². The number of hydrogen-bond donors (Lipinski definition) is 2. The van der Waals surface area contributed by atoms with Gasteiger partial charge in [0, 0.05) is 16.1 Å². The lowest BCUT2D eigenvalue weighted by Gasteiger charge is -2.16. The normalized spacial score (nSPS) is 11.8. The van der Waals surface area contributed by atoms with Crippen molar-refractivity contribution < 1.29 is 18.4 Å². The molecule has 0 spiro atoms. The molecular weight excluding hydrogens is 417 g/mol. The van der Waals surface area contributed by atoms with E-state index in [2.05, 4.69) is 27.9 Å². The monoisotopic (exact) mass is 430 g/mol. The number of amides is 2. The molecular formula is C16H13F2IN2O2. The lowest BCUT2D eigenvalue weighted by atomic mass is 10.0. The SMILES string of the molecule is NC(=O)[C@@H](Cc1ccccc1I)NC(=O)c1ccc(F)cc1F. The van der Waals surface area contributed by atoms with Crippen LogP contribution in [0.2, 0.25) is 0 Å². The first-order chi connectivity index (χ1) is 10.9. The van der Waals surface area contributed by atoms with Crippen LogP contribution in [0.4, 0.5) is 8.78 Å². The lowest BCUT2D eigenvalue weighted by Crippen LogP contribution is -2.46. The molecule has 0 aliphatic heterocycles. The summed E-state index contributed by atoms with van der Waals surface area (Å²) in [4.78, 5) is 23.7. The molecule has 3 N–H and O–H groups in total. The summed E-state index contributed by atoms with van der Waals surface area (Å²) in [6, 6.07) is 8.91. The van der Waals surface area contributed by atoms with Crippen LogP contribution in [0.15, 0.2) is 42.5 Å². The highest BCUT2D eigenvalue weighted by Gasteiger charge is 2.22. The lowest BCUT2D eigenvalue weighted by molar-refractivity contribution is -0.119. The van der Waals surface area contributed by atoms with Crippen molar-refractivity contribution in [2.24, 2.45) is 5.73 Å². The average Bonchev–Trinajstić information content (AvgIpc) is 2.48. The van der Waals surface area contributed by atoms with Gasteiger partial charge in [0.2, 0.25) is 5.91 Å². The summed E-state index contributed by atoms with van der Waals surface area (Å²) in [6.45, 7) is 0. The number of halogens is 3. The number of hydrogen-bond acceptors (Lipinski definition) is 2. The molecule has 0 aliphatic carbocycles. The highest BCUT2D eigenvalue weighted by molar-refractivity contribution is 14.1. The Morgan fingerprint density at radius 3 is 2.48 bits per heavy atom. The quantitative estimate of drug-likeness (QED) is 0.716. The zero-order chi connectivity index (χ0) is 17.0. The summed E-state index contributed by atoms with van der Waals surface area (Å²) in [5, 5.41) is 2.39. The molecule has 0 saturated heterocycles. The minimum absolute atomic E-state index is 0.184. The third-order valence-electron chi connectivity index (χ3n) is 3.21. The summed E-state index contributed by atoms with van der Waals surface area (Å²) in [5.74, 6) is -3.35. The number of carbonyl (C=O) groups excluding carboxylic acids is 2. The standard InChI is InChI=1S/C16H13F2IN2O2/c17-10-5-6-11(12(18)8-10)16(23)21-14(15(20)22)7-9-3-1-2-4-13(9)19/h1-6,8,14H,7H2,(H2,20,22)(H,21,23)/t14-/m1/s1. The Bertz CT molecular complexity index is 753. The Balaban J connectivity index is 2.18. The predicted octanol–water partition coefficient (Wildman–Crippen LogP) is 2.40. The van der Waals surface area contributed by atoms with E-state index in [0.29, 0.717) is 6.07 Å². The van der Waals surface area contributed by atoms with Gasteiger partial charge in [-0.2, -0.15) is 0 Å². The third-order valence-corrected chi connectivity index (χ3v) is 4.26. The maximum Gasteiger partial charge on any atom is 0.254 e. The maximum atomic E-state index is 13.6. The third kappa shape index (κ3) is 4.47. The summed E-state index contributed by atoms with van der Waals surface area (Å²) in [5.41, 5.74) is 5.80. The van der Waals surface area contributed by atoms with Crippen molar-refractivity contribution in [3.63, 3.8) is 0 Å². The number of rotatable bonds is 5. The number of primary amides is 1. The molecule has 0 unspecified atom stereocenters. The summed E-state index contributed by atoms with van der Waals surface area (Å²) >= 11 is 2.10. The molecule has 2 aromatic rings. The molecule has 2 aromatic carbocycles. The Kier molecular flexibility index (Phi) is 5.64. The van der Waals surface area contributed by atoms with Gasteiger partial charge in [0.25, 0.3) is 5.91 Å². The van der Waals surface area contributed by atoms with Gasteiger partial charge < -0.3 is 11.1 Å². The van der Waals surface area contributed by atoms with E-state index in [1.807, 2.05) is 18.2 Å². The van der Waals surface area contributed by atoms with Crippen molar-refractivity contribution in [1.29, 1.82) is 0 Å². The number of nitrogens with one attached hydrogen (secondary N) is 1. The number of nitrogens with two attached hydrogens (primary N) is 1. The Morgan fingerprint density at radius 2 is 1.87 bits per heavy atom. The topological polar surface area (TPSA) is 72.2 Å². The van der Waals surface area contributed by atoms with E-state index in [9.17, 15) is 18.4 Å². The molecule has 4 nitrogen and oxygen atoms in total. The molecule has 2 rings (SSSR count). The van der Waals surface area contributed by atoms with Crippen LogP contribution in [-0.4, -0.2) is 17.9 Å². The van der Waals surface area contributed by atoms with E-state index in [1.54, 1.807) is 6.07 Å². The van der Waals surface area contributed by atoms with Crippen LogP contribution in [0.25, 0.3) is 0 Å². The Labute approximate surface area is 145 Å². The summed E-state index contributed by atoms with van der Waals surface area (Å²) in [7, 11) is 0. The van der Waals surface area contributed by atoms with E-state index in [-0.39, 0.29) is 12.0 Å². The molecule has 0 radical (unpaired) electrons. The molecule has 1 atom stereocenters. The van der Waals surface area contributed by atoms with Crippen molar-refractivity contribution in [2.75, 3.05) is 0 Å². The van der Waals surface area contributed by atoms with Gasteiger partial charge in [-0.05, 0) is 46.4 Å². The largest absolute Gasteiger partial charge is 0.368 e.